The van der Waals surface area contributed by atoms with Crippen molar-refractivity contribution < 1.29 is 9.18 Å². The molecule has 0 aliphatic carbocycles. The van der Waals surface area contributed by atoms with Gasteiger partial charge in [0.2, 0.25) is 5.95 Å². The number of hydrogen-bond donors (Lipinski definition) is 2. The fourth-order valence-electron chi connectivity index (χ4n) is 2.57. The third-order valence-corrected chi connectivity index (χ3v) is 4.17. The predicted molar refractivity (Wildman–Crippen MR) is 104 cm³/mol. The second kappa shape index (κ2) is 8.40. The highest BCUT2D eigenvalue weighted by Gasteiger charge is 2.09. The van der Waals surface area contributed by atoms with Gasteiger partial charge in [0, 0.05) is 24.6 Å². The molecule has 2 N–H and O–H groups in total. The van der Waals surface area contributed by atoms with Crippen LogP contribution in [0.3, 0.4) is 0 Å². The molecule has 0 aliphatic rings. The van der Waals surface area contributed by atoms with Crippen molar-refractivity contribution in [2.75, 3.05) is 17.2 Å². The van der Waals surface area contributed by atoms with E-state index in [2.05, 4.69) is 20.6 Å². The molecule has 0 atom stereocenters. The van der Waals surface area contributed by atoms with Crippen molar-refractivity contribution in [1.82, 2.24) is 9.97 Å². The average Bonchev–Trinajstić information content (AvgIpc) is 2.67. The lowest BCUT2D eigenvalue weighted by Gasteiger charge is -2.09. The molecule has 5 nitrogen and oxygen atoms in total. The maximum absolute atomic E-state index is 12.9. The monoisotopic (exact) mass is 364 g/mol. The lowest BCUT2D eigenvalue weighted by atomic mass is 10.1. The summed E-state index contributed by atoms with van der Waals surface area (Å²) >= 11 is 0. The molecular weight excluding hydrogens is 343 g/mol. The minimum absolute atomic E-state index is 0.246. The molecule has 1 amide bonds. The summed E-state index contributed by atoms with van der Waals surface area (Å²) in [6.45, 7) is 4.53. The second-order valence-corrected chi connectivity index (χ2v) is 6.37. The Morgan fingerprint density at radius 3 is 2.44 bits per heavy atom. The van der Waals surface area contributed by atoms with Gasteiger partial charge < -0.3 is 10.6 Å². The highest BCUT2D eigenvalue weighted by atomic mass is 19.1. The molecule has 3 aromatic rings. The van der Waals surface area contributed by atoms with E-state index >= 15 is 0 Å². The molecule has 6 heteroatoms. The van der Waals surface area contributed by atoms with Crippen LogP contribution in [0, 0.1) is 19.7 Å². The van der Waals surface area contributed by atoms with E-state index in [9.17, 15) is 9.18 Å². The van der Waals surface area contributed by atoms with Gasteiger partial charge >= 0.3 is 0 Å². The highest BCUT2D eigenvalue weighted by Crippen LogP contribution is 2.17. The number of hydrogen-bond acceptors (Lipinski definition) is 4. The van der Waals surface area contributed by atoms with E-state index < -0.39 is 0 Å². The Bertz CT molecular complexity index is 924. The maximum atomic E-state index is 12.9. The minimum atomic E-state index is -0.249. The van der Waals surface area contributed by atoms with E-state index in [1.165, 1.54) is 24.5 Å². The molecule has 0 saturated carbocycles. The minimum Gasteiger partial charge on any atom is -0.354 e. The number of aryl methyl sites for hydroxylation is 2. The standard InChI is InChI=1S/C21H21FN4O/c1-14-3-4-15(2)19(11-14)26-20(27)17-12-24-21(25-13-17)23-10-9-16-5-7-18(22)8-6-16/h3-8,11-13H,9-10H2,1-2H3,(H,26,27)(H,23,24,25). The van der Waals surface area contributed by atoms with Crippen molar-refractivity contribution in [2.24, 2.45) is 0 Å². The van der Waals surface area contributed by atoms with Crippen molar-refractivity contribution in [3.8, 4) is 0 Å². The van der Waals surface area contributed by atoms with Crippen LogP contribution in [-0.4, -0.2) is 22.4 Å². The molecule has 0 bridgehead atoms. The average molecular weight is 364 g/mol. The summed E-state index contributed by atoms with van der Waals surface area (Å²) in [6, 6.07) is 12.3. The van der Waals surface area contributed by atoms with Crippen LogP contribution < -0.4 is 10.6 Å². The Morgan fingerprint density at radius 2 is 1.74 bits per heavy atom. The third kappa shape index (κ3) is 5.10. The molecule has 0 aliphatic heterocycles. The SMILES string of the molecule is Cc1ccc(C)c(NC(=O)c2cnc(NCCc3ccc(F)cc3)nc2)c1. The van der Waals surface area contributed by atoms with Gasteiger partial charge in [0.15, 0.2) is 0 Å². The highest BCUT2D eigenvalue weighted by molar-refractivity contribution is 6.04. The zero-order chi connectivity index (χ0) is 19.2. The first-order chi connectivity index (χ1) is 13.0. The van der Waals surface area contributed by atoms with Gasteiger partial charge in [0.25, 0.3) is 5.91 Å². The lowest BCUT2D eigenvalue weighted by Crippen LogP contribution is -2.14. The summed E-state index contributed by atoms with van der Waals surface area (Å²) in [5.41, 5.74) is 4.26. The summed E-state index contributed by atoms with van der Waals surface area (Å²) in [7, 11) is 0. The summed E-state index contributed by atoms with van der Waals surface area (Å²) in [5, 5.41) is 5.98. The van der Waals surface area contributed by atoms with Crippen LogP contribution in [0.2, 0.25) is 0 Å². The predicted octanol–water partition coefficient (Wildman–Crippen LogP) is 4.14. The van der Waals surface area contributed by atoms with Crippen molar-refractivity contribution in [1.29, 1.82) is 0 Å². The first-order valence-electron chi connectivity index (χ1n) is 8.70. The Kier molecular flexibility index (Phi) is 5.76. The number of benzene rings is 2. The van der Waals surface area contributed by atoms with E-state index in [4.69, 9.17) is 0 Å². The van der Waals surface area contributed by atoms with E-state index in [1.54, 1.807) is 12.1 Å². The van der Waals surface area contributed by atoms with Crippen LogP contribution >= 0.6 is 0 Å². The largest absolute Gasteiger partial charge is 0.354 e. The van der Waals surface area contributed by atoms with Gasteiger partial charge in [-0.05, 0) is 55.2 Å². The number of aromatic nitrogens is 2. The Balaban J connectivity index is 1.55. The van der Waals surface area contributed by atoms with Gasteiger partial charge in [-0.25, -0.2) is 14.4 Å². The van der Waals surface area contributed by atoms with Crippen LogP contribution in [0.1, 0.15) is 27.0 Å². The van der Waals surface area contributed by atoms with Crippen molar-refractivity contribution in [2.45, 2.75) is 20.3 Å². The van der Waals surface area contributed by atoms with Crippen LogP contribution in [0.25, 0.3) is 0 Å². The molecule has 3 rings (SSSR count). The Morgan fingerprint density at radius 1 is 1.04 bits per heavy atom. The molecule has 0 spiro atoms. The summed E-state index contributed by atoms with van der Waals surface area (Å²) < 4.78 is 12.9. The molecule has 1 aromatic heterocycles. The quantitative estimate of drug-likeness (QED) is 0.690. The molecule has 0 saturated heterocycles. The zero-order valence-corrected chi connectivity index (χ0v) is 15.3. The van der Waals surface area contributed by atoms with E-state index in [0.717, 1.165) is 28.8 Å². The molecular formula is C21H21FN4O. The van der Waals surface area contributed by atoms with Crippen molar-refractivity contribution in [3.05, 3.63) is 82.9 Å². The van der Waals surface area contributed by atoms with Crippen molar-refractivity contribution >= 4 is 17.5 Å². The van der Waals surface area contributed by atoms with E-state index in [1.807, 2.05) is 32.0 Å². The van der Waals surface area contributed by atoms with Crippen LogP contribution in [-0.2, 0) is 6.42 Å². The van der Waals surface area contributed by atoms with Gasteiger partial charge in [-0.1, -0.05) is 24.3 Å². The van der Waals surface area contributed by atoms with Gasteiger partial charge in [-0.3, -0.25) is 4.79 Å². The van der Waals surface area contributed by atoms with Gasteiger partial charge in [0.1, 0.15) is 5.82 Å². The summed E-state index contributed by atoms with van der Waals surface area (Å²) in [6.07, 6.45) is 3.71. The fourth-order valence-corrected chi connectivity index (χ4v) is 2.57. The second-order valence-electron chi connectivity index (χ2n) is 6.37. The first kappa shape index (κ1) is 18.5. The van der Waals surface area contributed by atoms with E-state index in [0.29, 0.717) is 18.1 Å². The lowest BCUT2D eigenvalue weighted by molar-refractivity contribution is 0.102. The van der Waals surface area contributed by atoms with Crippen molar-refractivity contribution in [3.63, 3.8) is 0 Å². The maximum Gasteiger partial charge on any atom is 0.258 e. The molecule has 2 aromatic carbocycles. The summed E-state index contributed by atoms with van der Waals surface area (Å²) in [5.74, 6) is -0.0493. The van der Waals surface area contributed by atoms with Gasteiger partial charge in [-0.2, -0.15) is 0 Å². The number of halogens is 1. The molecule has 0 fully saturated rings. The molecule has 0 unspecified atom stereocenters. The van der Waals surface area contributed by atoms with Crippen LogP contribution in [0.15, 0.2) is 54.9 Å². The molecule has 138 valence electrons. The molecule has 0 radical (unpaired) electrons. The number of carbonyl (C=O) groups is 1. The summed E-state index contributed by atoms with van der Waals surface area (Å²) in [4.78, 5) is 20.7. The first-order valence-corrected chi connectivity index (χ1v) is 8.70. The fraction of sp³-hybridized carbons (Fsp3) is 0.190. The molecule has 1 heterocycles. The number of nitrogens with zero attached hydrogens (tertiary/aromatic N) is 2. The zero-order valence-electron chi connectivity index (χ0n) is 15.3. The third-order valence-electron chi connectivity index (χ3n) is 4.17. The van der Waals surface area contributed by atoms with Gasteiger partial charge in [-0.15, -0.1) is 0 Å². The number of amides is 1. The normalized spacial score (nSPS) is 10.5. The van der Waals surface area contributed by atoms with Gasteiger partial charge in [0.05, 0.1) is 5.56 Å². The number of anilines is 2. The van der Waals surface area contributed by atoms with Crippen LogP contribution in [0.4, 0.5) is 16.0 Å². The van der Waals surface area contributed by atoms with Crippen LogP contribution in [0.5, 0.6) is 0 Å². The topological polar surface area (TPSA) is 66.9 Å². The molecule has 27 heavy (non-hydrogen) atoms. The Hall–Kier alpha value is -3.28. The number of nitrogens with one attached hydrogen (secondary N) is 2. The Labute approximate surface area is 157 Å². The smallest absolute Gasteiger partial charge is 0.258 e. The number of carbonyl (C=O) groups excluding carboxylic acids is 1. The van der Waals surface area contributed by atoms with E-state index in [-0.39, 0.29) is 11.7 Å². The number of rotatable bonds is 6.